The zero-order valence-electron chi connectivity index (χ0n) is 9.69. The Morgan fingerprint density at radius 2 is 2.00 bits per heavy atom. The lowest BCUT2D eigenvalue weighted by Crippen LogP contribution is -2.30. The second-order valence-electron chi connectivity index (χ2n) is 4.11. The van der Waals surface area contributed by atoms with Crippen molar-refractivity contribution < 1.29 is 4.79 Å². The molecule has 0 spiro atoms. The van der Waals surface area contributed by atoms with Crippen LogP contribution in [-0.2, 0) is 0 Å². The van der Waals surface area contributed by atoms with Crippen molar-refractivity contribution in [2.24, 2.45) is 0 Å². The molecule has 0 aliphatic rings. The highest BCUT2D eigenvalue weighted by Crippen LogP contribution is 2.14. The molecule has 0 saturated heterocycles. The van der Waals surface area contributed by atoms with Crippen LogP contribution in [0, 0.1) is 0 Å². The normalized spacial score (nSPS) is 10.8. The lowest BCUT2D eigenvalue weighted by molar-refractivity contribution is 0.0947. The SMILES string of the molecule is CC(C)NC(=O)c1cc2ccccc2c(=O)s1. The molecule has 0 unspecified atom stereocenters. The van der Waals surface area contributed by atoms with E-state index < -0.39 is 0 Å². The van der Waals surface area contributed by atoms with Crippen molar-refractivity contribution in [3.63, 3.8) is 0 Å². The van der Waals surface area contributed by atoms with E-state index in [2.05, 4.69) is 5.32 Å². The summed E-state index contributed by atoms with van der Waals surface area (Å²) in [6, 6.07) is 9.13. The number of carbonyl (C=O) groups is 1. The predicted molar refractivity (Wildman–Crippen MR) is 70.7 cm³/mol. The fourth-order valence-electron chi connectivity index (χ4n) is 1.58. The molecule has 4 heteroatoms. The lowest BCUT2D eigenvalue weighted by atomic mass is 10.2. The molecule has 1 heterocycles. The fourth-order valence-corrected chi connectivity index (χ4v) is 2.41. The van der Waals surface area contributed by atoms with Gasteiger partial charge in [0.2, 0.25) is 4.74 Å². The minimum absolute atomic E-state index is 0.0660. The molecule has 3 nitrogen and oxygen atoms in total. The first-order valence-corrected chi connectivity index (χ1v) is 6.23. The molecule has 0 fully saturated rings. The van der Waals surface area contributed by atoms with E-state index in [9.17, 15) is 9.59 Å². The predicted octanol–water partition coefficient (Wildman–Crippen LogP) is 2.40. The Bertz CT molecular complexity index is 616. The summed E-state index contributed by atoms with van der Waals surface area (Å²) in [5, 5.41) is 4.26. The van der Waals surface area contributed by atoms with Crippen molar-refractivity contribution in [1.82, 2.24) is 5.32 Å². The van der Waals surface area contributed by atoms with Crippen molar-refractivity contribution in [3.8, 4) is 0 Å². The molecule has 0 aliphatic carbocycles. The van der Waals surface area contributed by atoms with E-state index in [0.29, 0.717) is 10.3 Å². The summed E-state index contributed by atoms with van der Waals surface area (Å²) >= 11 is 0.989. The Morgan fingerprint density at radius 1 is 1.29 bits per heavy atom. The number of hydrogen-bond donors (Lipinski definition) is 1. The highest BCUT2D eigenvalue weighted by molar-refractivity contribution is 7.12. The van der Waals surface area contributed by atoms with E-state index in [1.54, 1.807) is 12.1 Å². The molecule has 17 heavy (non-hydrogen) atoms. The molecule has 0 aliphatic heterocycles. The number of rotatable bonds is 2. The minimum atomic E-state index is -0.187. The van der Waals surface area contributed by atoms with Crippen LogP contribution < -0.4 is 10.1 Å². The lowest BCUT2D eigenvalue weighted by Gasteiger charge is -2.07. The Labute approximate surface area is 103 Å². The van der Waals surface area contributed by atoms with Crippen LogP contribution in [0.25, 0.3) is 10.8 Å². The number of hydrogen-bond acceptors (Lipinski definition) is 3. The quantitative estimate of drug-likeness (QED) is 0.885. The van der Waals surface area contributed by atoms with Crippen LogP contribution in [0.5, 0.6) is 0 Å². The van der Waals surface area contributed by atoms with Crippen LogP contribution in [0.15, 0.2) is 35.1 Å². The monoisotopic (exact) mass is 247 g/mol. The second-order valence-corrected chi connectivity index (χ2v) is 5.13. The van der Waals surface area contributed by atoms with Gasteiger partial charge in [0.1, 0.15) is 0 Å². The Morgan fingerprint density at radius 3 is 2.71 bits per heavy atom. The van der Waals surface area contributed by atoms with Gasteiger partial charge in [0.05, 0.1) is 4.88 Å². The molecule has 0 radical (unpaired) electrons. The van der Waals surface area contributed by atoms with Crippen molar-refractivity contribution in [1.29, 1.82) is 0 Å². The van der Waals surface area contributed by atoms with Crippen molar-refractivity contribution >= 4 is 28.0 Å². The minimum Gasteiger partial charge on any atom is -0.349 e. The third kappa shape index (κ3) is 2.53. The van der Waals surface area contributed by atoms with Gasteiger partial charge in [-0.25, -0.2) is 0 Å². The standard InChI is InChI=1S/C13H13NO2S/c1-8(2)14-12(15)11-7-9-5-3-4-6-10(9)13(16)17-11/h3-8H,1-2H3,(H,14,15). The Hall–Kier alpha value is -1.68. The van der Waals surface area contributed by atoms with Crippen LogP contribution in [-0.4, -0.2) is 11.9 Å². The molecule has 0 atom stereocenters. The first-order valence-electron chi connectivity index (χ1n) is 5.41. The van der Waals surface area contributed by atoms with E-state index in [1.165, 1.54) is 0 Å². The van der Waals surface area contributed by atoms with Gasteiger partial charge in [0.25, 0.3) is 5.91 Å². The summed E-state index contributed by atoms with van der Waals surface area (Å²) in [7, 11) is 0. The van der Waals surface area contributed by atoms with Gasteiger partial charge in [-0.2, -0.15) is 0 Å². The number of fused-ring (bicyclic) bond motifs is 1. The maximum atomic E-state index is 11.8. The van der Waals surface area contributed by atoms with Gasteiger partial charge < -0.3 is 5.32 Å². The van der Waals surface area contributed by atoms with Crippen LogP contribution in [0.4, 0.5) is 0 Å². The summed E-state index contributed by atoms with van der Waals surface area (Å²) in [4.78, 5) is 24.1. The molecule has 2 rings (SSSR count). The van der Waals surface area contributed by atoms with Crippen molar-refractivity contribution in [2.75, 3.05) is 0 Å². The van der Waals surface area contributed by atoms with Gasteiger partial charge in [-0.3, -0.25) is 9.59 Å². The fraction of sp³-hybridized carbons (Fsp3) is 0.231. The molecule has 88 valence electrons. The third-order valence-electron chi connectivity index (χ3n) is 2.31. The van der Waals surface area contributed by atoms with E-state index in [-0.39, 0.29) is 16.7 Å². The molecular formula is C13H13NO2S. The molecule has 1 aromatic heterocycles. The topological polar surface area (TPSA) is 46.2 Å². The van der Waals surface area contributed by atoms with Crippen LogP contribution in [0.2, 0.25) is 0 Å². The average Bonchev–Trinajstić information content (AvgIpc) is 2.28. The zero-order valence-corrected chi connectivity index (χ0v) is 10.5. The van der Waals surface area contributed by atoms with Crippen LogP contribution in [0.3, 0.4) is 0 Å². The largest absolute Gasteiger partial charge is 0.349 e. The third-order valence-corrected chi connectivity index (χ3v) is 3.24. The van der Waals surface area contributed by atoms with Crippen molar-refractivity contribution in [3.05, 3.63) is 44.7 Å². The average molecular weight is 247 g/mol. The molecule has 1 N–H and O–H groups in total. The van der Waals surface area contributed by atoms with Gasteiger partial charge in [-0.1, -0.05) is 29.5 Å². The molecule has 0 saturated carbocycles. The molecule has 2 aromatic rings. The Balaban J connectivity index is 2.50. The second kappa shape index (κ2) is 4.67. The first-order chi connectivity index (χ1) is 8.08. The summed E-state index contributed by atoms with van der Waals surface area (Å²) in [6.07, 6.45) is 0. The Kier molecular flexibility index (Phi) is 3.24. The molecule has 1 aromatic carbocycles. The highest BCUT2D eigenvalue weighted by Gasteiger charge is 2.10. The van der Waals surface area contributed by atoms with E-state index in [1.807, 2.05) is 32.0 Å². The van der Waals surface area contributed by atoms with Crippen LogP contribution >= 0.6 is 11.3 Å². The highest BCUT2D eigenvalue weighted by atomic mass is 32.1. The summed E-state index contributed by atoms with van der Waals surface area (Å²) in [5.74, 6) is -0.187. The van der Waals surface area contributed by atoms with E-state index in [4.69, 9.17) is 0 Å². The number of nitrogens with one attached hydrogen (secondary N) is 1. The smallest absolute Gasteiger partial charge is 0.261 e. The summed E-state index contributed by atoms with van der Waals surface area (Å²) in [5.41, 5.74) is 0. The molecular weight excluding hydrogens is 234 g/mol. The van der Waals surface area contributed by atoms with Gasteiger partial charge in [-0.05, 0) is 31.4 Å². The van der Waals surface area contributed by atoms with Crippen molar-refractivity contribution in [2.45, 2.75) is 19.9 Å². The number of carbonyl (C=O) groups excluding carboxylic acids is 1. The van der Waals surface area contributed by atoms with Gasteiger partial charge in [-0.15, -0.1) is 0 Å². The maximum absolute atomic E-state index is 11.8. The maximum Gasteiger partial charge on any atom is 0.261 e. The molecule has 0 bridgehead atoms. The number of amides is 1. The molecule has 1 amide bonds. The number of benzene rings is 1. The summed E-state index contributed by atoms with van der Waals surface area (Å²) in [6.45, 7) is 3.78. The van der Waals surface area contributed by atoms with Gasteiger partial charge in [0.15, 0.2) is 0 Å². The van der Waals surface area contributed by atoms with E-state index in [0.717, 1.165) is 16.7 Å². The van der Waals surface area contributed by atoms with Gasteiger partial charge >= 0.3 is 0 Å². The van der Waals surface area contributed by atoms with Gasteiger partial charge in [0, 0.05) is 11.4 Å². The first kappa shape index (κ1) is 11.8. The summed E-state index contributed by atoms with van der Waals surface area (Å²) < 4.78 is -0.0722. The van der Waals surface area contributed by atoms with Crippen LogP contribution in [0.1, 0.15) is 23.5 Å². The van der Waals surface area contributed by atoms with E-state index >= 15 is 0 Å². The zero-order chi connectivity index (χ0) is 12.4.